The quantitative estimate of drug-likeness (QED) is 0.844. The van der Waals surface area contributed by atoms with Crippen molar-refractivity contribution in [3.63, 3.8) is 0 Å². The third-order valence-corrected chi connectivity index (χ3v) is 6.13. The van der Waals surface area contributed by atoms with Gasteiger partial charge in [-0.25, -0.2) is 12.8 Å². The number of halogens is 3. The largest absolute Gasteiger partial charge is 0.319 e. The second-order valence-corrected chi connectivity index (χ2v) is 7.77. The molecule has 0 radical (unpaired) electrons. The zero-order chi connectivity index (χ0) is 14.8. The summed E-state index contributed by atoms with van der Waals surface area (Å²) >= 11 is 3.03. The number of rotatable bonds is 4. The summed E-state index contributed by atoms with van der Waals surface area (Å²) in [5, 5.41) is 3.11. The Kier molecular flexibility index (Phi) is 7.06. The number of nitrogens with one attached hydrogen (secondary N) is 1. The van der Waals surface area contributed by atoms with E-state index in [9.17, 15) is 12.8 Å². The number of nitrogens with zero attached hydrogens (tertiary/aromatic N) is 1. The van der Waals surface area contributed by atoms with Gasteiger partial charge in [0.05, 0.1) is 9.37 Å². The van der Waals surface area contributed by atoms with E-state index >= 15 is 0 Å². The standard InChI is InChI=1S/C13H18BrFN2O2S.ClH/c1-16-9-10-4-6-17(7-5-10)20(18,19)11-2-3-12(14)13(15)8-11;/h2-3,8,10,16H,4-7,9H2,1H3;1H. The summed E-state index contributed by atoms with van der Waals surface area (Å²) in [5.41, 5.74) is 0. The van der Waals surface area contributed by atoms with Gasteiger partial charge in [-0.3, -0.25) is 0 Å². The molecule has 0 spiro atoms. The first kappa shape index (κ1) is 18.8. The van der Waals surface area contributed by atoms with E-state index in [1.807, 2.05) is 7.05 Å². The van der Waals surface area contributed by atoms with Crippen LogP contribution in [0.15, 0.2) is 27.6 Å². The molecule has 1 N–H and O–H groups in total. The van der Waals surface area contributed by atoms with Crippen LogP contribution in [0, 0.1) is 11.7 Å². The number of sulfonamides is 1. The Morgan fingerprint density at radius 2 is 2.00 bits per heavy atom. The van der Waals surface area contributed by atoms with E-state index in [0.717, 1.165) is 25.5 Å². The molecule has 2 rings (SSSR count). The molecule has 4 nitrogen and oxygen atoms in total. The highest BCUT2D eigenvalue weighted by Crippen LogP contribution is 2.25. The maximum Gasteiger partial charge on any atom is 0.243 e. The van der Waals surface area contributed by atoms with Gasteiger partial charge < -0.3 is 5.32 Å². The van der Waals surface area contributed by atoms with Gasteiger partial charge in [0, 0.05) is 13.1 Å². The molecule has 1 saturated heterocycles. The van der Waals surface area contributed by atoms with Crippen molar-refractivity contribution >= 4 is 38.4 Å². The van der Waals surface area contributed by atoms with Gasteiger partial charge in [0.2, 0.25) is 10.0 Å². The molecule has 0 bridgehead atoms. The fraction of sp³-hybridized carbons (Fsp3) is 0.538. The van der Waals surface area contributed by atoms with Gasteiger partial charge in [-0.2, -0.15) is 4.31 Å². The molecule has 1 aliphatic heterocycles. The van der Waals surface area contributed by atoms with Crippen molar-refractivity contribution in [2.24, 2.45) is 5.92 Å². The van der Waals surface area contributed by atoms with Gasteiger partial charge in [-0.15, -0.1) is 12.4 Å². The Morgan fingerprint density at radius 3 is 2.52 bits per heavy atom. The molecule has 21 heavy (non-hydrogen) atoms. The summed E-state index contributed by atoms with van der Waals surface area (Å²) in [7, 11) is -1.69. The highest BCUT2D eigenvalue weighted by molar-refractivity contribution is 9.10. The molecule has 8 heteroatoms. The third-order valence-electron chi connectivity index (χ3n) is 3.60. The molecule has 0 amide bonds. The van der Waals surface area contributed by atoms with E-state index in [1.54, 1.807) is 0 Å². The highest BCUT2D eigenvalue weighted by Gasteiger charge is 2.29. The Labute approximate surface area is 139 Å². The molecule has 120 valence electrons. The SMILES string of the molecule is CNCC1CCN(S(=O)(=O)c2ccc(Br)c(F)c2)CC1.Cl. The molecule has 1 heterocycles. The fourth-order valence-electron chi connectivity index (χ4n) is 2.43. The van der Waals surface area contributed by atoms with Crippen LogP contribution in [-0.2, 0) is 10.0 Å². The maximum atomic E-state index is 13.5. The van der Waals surface area contributed by atoms with Crippen LogP contribution in [-0.4, -0.2) is 39.4 Å². The van der Waals surface area contributed by atoms with E-state index in [2.05, 4.69) is 21.2 Å². The lowest BCUT2D eigenvalue weighted by molar-refractivity contribution is 0.270. The normalized spacial score (nSPS) is 17.5. The summed E-state index contributed by atoms with van der Waals surface area (Å²) < 4.78 is 40.1. The van der Waals surface area contributed by atoms with Gasteiger partial charge in [0.25, 0.3) is 0 Å². The van der Waals surface area contributed by atoms with Crippen LogP contribution in [0.5, 0.6) is 0 Å². The van der Waals surface area contributed by atoms with Crippen molar-refractivity contribution in [1.29, 1.82) is 0 Å². The van der Waals surface area contributed by atoms with Gasteiger partial charge in [-0.1, -0.05) is 0 Å². The second kappa shape index (κ2) is 7.87. The van der Waals surface area contributed by atoms with Gasteiger partial charge in [0.1, 0.15) is 5.82 Å². The number of piperidine rings is 1. The molecular weight excluding hydrogens is 383 g/mol. The van der Waals surface area contributed by atoms with E-state index in [-0.39, 0.29) is 21.8 Å². The van der Waals surface area contributed by atoms with Gasteiger partial charge in [-0.05, 0) is 66.5 Å². The van der Waals surface area contributed by atoms with Crippen molar-refractivity contribution in [3.05, 3.63) is 28.5 Å². The van der Waals surface area contributed by atoms with Crippen LogP contribution in [0.3, 0.4) is 0 Å². The van der Waals surface area contributed by atoms with E-state index < -0.39 is 15.8 Å². The smallest absolute Gasteiger partial charge is 0.243 e. The summed E-state index contributed by atoms with van der Waals surface area (Å²) in [5.74, 6) is -0.0516. The first-order chi connectivity index (χ1) is 9.45. The van der Waals surface area contributed by atoms with E-state index in [0.29, 0.717) is 19.0 Å². The first-order valence-electron chi connectivity index (χ1n) is 6.55. The molecule has 1 fully saturated rings. The monoisotopic (exact) mass is 400 g/mol. The summed E-state index contributed by atoms with van der Waals surface area (Å²) in [6.45, 7) is 1.89. The average Bonchev–Trinajstić information content (AvgIpc) is 2.43. The summed E-state index contributed by atoms with van der Waals surface area (Å²) in [6.07, 6.45) is 1.66. The van der Waals surface area contributed by atoms with Crippen molar-refractivity contribution in [2.75, 3.05) is 26.7 Å². The van der Waals surface area contributed by atoms with Crippen LogP contribution in [0.25, 0.3) is 0 Å². The minimum atomic E-state index is -3.59. The van der Waals surface area contributed by atoms with Crippen LogP contribution in [0.4, 0.5) is 4.39 Å². The molecule has 0 aromatic heterocycles. The molecule has 1 aliphatic rings. The number of benzene rings is 1. The predicted molar refractivity (Wildman–Crippen MR) is 86.8 cm³/mol. The minimum Gasteiger partial charge on any atom is -0.319 e. The molecular formula is C13H19BrClFN2O2S. The van der Waals surface area contributed by atoms with Crippen LogP contribution < -0.4 is 5.32 Å². The lowest BCUT2D eigenvalue weighted by atomic mass is 9.98. The molecule has 1 aromatic carbocycles. The summed E-state index contributed by atoms with van der Waals surface area (Å²) in [4.78, 5) is 0.0188. The molecule has 0 unspecified atom stereocenters. The lowest BCUT2D eigenvalue weighted by Crippen LogP contribution is -2.40. The zero-order valence-corrected chi connectivity index (χ0v) is 14.9. The fourth-order valence-corrected chi connectivity index (χ4v) is 4.16. The van der Waals surface area contributed by atoms with Crippen LogP contribution >= 0.6 is 28.3 Å². The van der Waals surface area contributed by atoms with Crippen molar-refractivity contribution in [3.8, 4) is 0 Å². The molecule has 1 aromatic rings. The van der Waals surface area contributed by atoms with Crippen molar-refractivity contribution < 1.29 is 12.8 Å². The zero-order valence-electron chi connectivity index (χ0n) is 11.7. The molecule has 0 saturated carbocycles. The molecule has 0 aliphatic carbocycles. The minimum absolute atomic E-state index is 0. The Balaban J connectivity index is 0.00000220. The topological polar surface area (TPSA) is 49.4 Å². The van der Waals surface area contributed by atoms with E-state index in [4.69, 9.17) is 0 Å². The van der Waals surface area contributed by atoms with Gasteiger partial charge in [0.15, 0.2) is 0 Å². The average molecular weight is 402 g/mol. The second-order valence-electron chi connectivity index (χ2n) is 4.98. The van der Waals surface area contributed by atoms with Crippen LogP contribution in [0.2, 0.25) is 0 Å². The number of hydrogen-bond donors (Lipinski definition) is 1. The predicted octanol–water partition coefficient (Wildman–Crippen LogP) is 2.63. The van der Waals surface area contributed by atoms with Gasteiger partial charge >= 0.3 is 0 Å². The Hall–Kier alpha value is -0.210. The maximum absolute atomic E-state index is 13.5. The molecule has 0 atom stereocenters. The first-order valence-corrected chi connectivity index (χ1v) is 8.78. The summed E-state index contributed by atoms with van der Waals surface area (Å²) in [6, 6.07) is 3.93. The van der Waals surface area contributed by atoms with Crippen LogP contribution in [0.1, 0.15) is 12.8 Å². The van der Waals surface area contributed by atoms with Crippen molar-refractivity contribution in [2.45, 2.75) is 17.7 Å². The van der Waals surface area contributed by atoms with E-state index in [1.165, 1.54) is 16.4 Å². The number of hydrogen-bond acceptors (Lipinski definition) is 3. The third kappa shape index (κ3) is 4.39. The lowest BCUT2D eigenvalue weighted by Gasteiger charge is -2.31. The Morgan fingerprint density at radius 1 is 1.38 bits per heavy atom. The highest BCUT2D eigenvalue weighted by atomic mass is 79.9. The van der Waals surface area contributed by atoms with Crippen molar-refractivity contribution in [1.82, 2.24) is 9.62 Å². The Bertz CT molecular complexity index is 578.